The maximum Gasteiger partial charge on any atom is 0.0655 e. The third-order valence-corrected chi connectivity index (χ3v) is 6.12. The van der Waals surface area contributed by atoms with E-state index in [0.29, 0.717) is 5.92 Å². The molecular weight excluding hydrogens is 266 g/mol. The van der Waals surface area contributed by atoms with Gasteiger partial charge >= 0.3 is 0 Å². The molecule has 0 heterocycles. The summed E-state index contributed by atoms with van der Waals surface area (Å²) >= 11 is 0. The van der Waals surface area contributed by atoms with Gasteiger partial charge in [-0.05, 0) is 75.5 Å². The smallest absolute Gasteiger partial charge is 0.0655 e. The van der Waals surface area contributed by atoms with Crippen LogP contribution in [0.25, 0.3) is 0 Å². The molecule has 0 amide bonds. The zero-order valence-corrected chi connectivity index (χ0v) is 14.6. The second-order valence-electron chi connectivity index (χ2n) is 7.71. The zero-order valence-electron chi connectivity index (χ0n) is 14.6. The van der Waals surface area contributed by atoms with Crippen LogP contribution in [0.1, 0.15) is 90.4 Å². The Morgan fingerprint density at radius 1 is 0.864 bits per heavy atom. The molecule has 2 aliphatic rings. The van der Waals surface area contributed by atoms with Gasteiger partial charge < -0.3 is 0 Å². The topological polar surface area (TPSA) is 23.8 Å². The number of nitrogens with zero attached hydrogens (tertiary/aromatic N) is 1. The van der Waals surface area contributed by atoms with Crippen LogP contribution < -0.4 is 0 Å². The summed E-state index contributed by atoms with van der Waals surface area (Å²) in [5.74, 6) is 3.31. The van der Waals surface area contributed by atoms with Crippen LogP contribution in [0.5, 0.6) is 0 Å². The van der Waals surface area contributed by atoms with Crippen molar-refractivity contribution in [3.63, 3.8) is 0 Å². The van der Waals surface area contributed by atoms with Crippen molar-refractivity contribution in [3.05, 3.63) is 12.2 Å². The van der Waals surface area contributed by atoms with Gasteiger partial charge in [-0.15, -0.1) is 0 Å². The van der Waals surface area contributed by atoms with Crippen LogP contribution in [-0.4, -0.2) is 0 Å². The molecule has 0 aromatic heterocycles. The molecule has 124 valence electrons. The normalized spacial score (nSPS) is 32.9. The van der Waals surface area contributed by atoms with Crippen LogP contribution in [-0.2, 0) is 0 Å². The molecule has 0 unspecified atom stereocenters. The Morgan fingerprint density at radius 2 is 1.45 bits per heavy atom. The van der Waals surface area contributed by atoms with Crippen molar-refractivity contribution in [2.24, 2.45) is 23.7 Å². The molecule has 0 radical (unpaired) electrons. The third-order valence-electron chi connectivity index (χ3n) is 6.12. The van der Waals surface area contributed by atoms with Crippen molar-refractivity contribution in [1.82, 2.24) is 0 Å². The van der Waals surface area contributed by atoms with Gasteiger partial charge in [0.1, 0.15) is 0 Å². The summed E-state index contributed by atoms with van der Waals surface area (Å²) in [5, 5.41) is 9.02. The molecule has 0 aromatic rings. The molecule has 2 saturated carbocycles. The molecule has 0 atom stereocenters. The summed E-state index contributed by atoms with van der Waals surface area (Å²) < 4.78 is 0. The highest BCUT2D eigenvalue weighted by molar-refractivity contribution is 4.89. The highest BCUT2D eigenvalue weighted by atomic mass is 14.4. The van der Waals surface area contributed by atoms with Crippen molar-refractivity contribution >= 4 is 0 Å². The van der Waals surface area contributed by atoms with Crippen LogP contribution >= 0.6 is 0 Å². The lowest BCUT2D eigenvalue weighted by molar-refractivity contribution is 0.153. The Kier molecular flexibility index (Phi) is 8.06. The monoisotopic (exact) mass is 301 g/mol. The largest absolute Gasteiger partial charge is 0.198 e. The number of rotatable bonds is 7. The Labute approximate surface area is 138 Å². The van der Waals surface area contributed by atoms with E-state index >= 15 is 0 Å². The van der Waals surface area contributed by atoms with E-state index < -0.39 is 0 Å². The van der Waals surface area contributed by atoms with Crippen LogP contribution in [0.15, 0.2) is 12.2 Å². The van der Waals surface area contributed by atoms with E-state index in [0.717, 1.165) is 17.8 Å². The van der Waals surface area contributed by atoms with Crippen LogP contribution in [0.3, 0.4) is 0 Å². The zero-order chi connectivity index (χ0) is 15.6. The number of unbranched alkanes of at least 4 members (excludes halogenated alkanes) is 2. The van der Waals surface area contributed by atoms with E-state index in [1.54, 1.807) is 0 Å². The van der Waals surface area contributed by atoms with Crippen molar-refractivity contribution in [1.29, 1.82) is 5.26 Å². The number of hydrogen-bond acceptors (Lipinski definition) is 1. The van der Waals surface area contributed by atoms with Gasteiger partial charge in [-0.3, -0.25) is 0 Å². The molecule has 2 aliphatic carbocycles. The first-order chi connectivity index (χ1) is 10.8. The van der Waals surface area contributed by atoms with E-state index in [4.69, 9.17) is 5.26 Å². The lowest BCUT2D eigenvalue weighted by Crippen LogP contribution is -2.25. The molecule has 0 saturated heterocycles. The molecule has 0 bridgehead atoms. The first-order valence-corrected chi connectivity index (χ1v) is 9.88. The molecule has 0 spiro atoms. The van der Waals surface area contributed by atoms with E-state index in [9.17, 15) is 0 Å². The Morgan fingerprint density at radius 3 is 2.05 bits per heavy atom. The lowest BCUT2D eigenvalue weighted by atomic mass is 9.69. The highest BCUT2D eigenvalue weighted by Gasteiger charge is 2.30. The summed E-state index contributed by atoms with van der Waals surface area (Å²) in [7, 11) is 0. The number of hydrogen-bond donors (Lipinski definition) is 0. The molecule has 0 N–H and O–H groups in total. The van der Waals surface area contributed by atoms with Crippen molar-refractivity contribution in [3.8, 4) is 6.07 Å². The predicted octanol–water partition coefficient (Wildman–Crippen LogP) is 6.65. The van der Waals surface area contributed by atoms with Crippen LogP contribution in [0, 0.1) is 35.0 Å². The van der Waals surface area contributed by atoms with Crippen molar-refractivity contribution < 1.29 is 0 Å². The van der Waals surface area contributed by atoms with Crippen molar-refractivity contribution in [2.45, 2.75) is 90.4 Å². The fraction of sp³-hybridized carbons (Fsp3) is 0.857. The highest BCUT2D eigenvalue weighted by Crippen LogP contribution is 2.42. The van der Waals surface area contributed by atoms with Gasteiger partial charge in [0, 0.05) is 5.92 Å². The first kappa shape index (κ1) is 17.6. The maximum absolute atomic E-state index is 9.02. The van der Waals surface area contributed by atoms with Gasteiger partial charge in [0.05, 0.1) is 6.07 Å². The van der Waals surface area contributed by atoms with Crippen molar-refractivity contribution in [2.75, 3.05) is 0 Å². The average molecular weight is 302 g/mol. The van der Waals surface area contributed by atoms with Crippen LogP contribution in [0.4, 0.5) is 0 Å². The molecule has 22 heavy (non-hydrogen) atoms. The lowest BCUT2D eigenvalue weighted by Gasteiger charge is -2.36. The number of nitriles is 1. The molecule has 1 nitrogen and oxygen atoms in total. The fourth-order valence-corrected chi connectivity index (χ4v) is 4.59. The van der Waals surface area contributed by atoms with E-state index in [1.165, 1.54) is 83.5 Å². The molecule has 0 aromatic carbocycles. The first-order valence-electron chi connectivity index (χ1n) is 9.88. The van der Waals surface area contributed by atoms with Crippen LogP contribution in [0.2, 0.25) is 0 Å². The summed E-state index contributed by atoms with van der Waals surface area (Å²) in [4.78, 5) is 0. The standard InChI is InChI=1S/C21H35N/c1-2-3-4-5-6-7-8-18-9-13-20(14-10-18)21-15-11-19(17-22)12-16-21/h4-5,18-21H,2-3,6-16H2,1H3/b5-4-. The summed E-state index contributed by atoms with van der Waals surface area (Å²) in [6.07, 6.45) is 22.3. The minimum absolute atomic E-state index is 0.369. The summed E-state index contributed by atoms with van der Waals surface area (Å²) in [6.45, 7) is 2.25. The third kappa shape index (κ3) is 5.79. The second kappa shape index (κ2) is 10.1. The maximum atomic E-state index is 9.02. The molecule has 1 heteroatoms. The second-order valence-corrected chi connectivity index (χ2v) is 7.71. The Balaban J connectivity index is 1.57. The summed E-state index contributed by atoms with van der Waals surface area (Å²) in [6, 6.07) is 2.47. The molecule has 2 rings (SSSR count). The Bertz CT molecular complexity index is 349. The molecule has 2 fully saturated rings. The molecule has 0 aliphatic heterocycles. The molecular formula is C21H35N. The summed E-state index contributed by atoms with van der Waals surface area (Å²) in [5.41, 5.74) is 0. The Hall–Kier alpha value is -0.770. The van der Waals surface area contributed by atoms with Gasteiger partial charge in [0.25, 0.3) is 0 Å². The van der Waals surface area contributed by atoms with Gasteiger partial charge in [-0.1, -0.05) is 44.8 Å². The van der Waals surface area contributed by atoms with Gasteiger partial charge in [0.2, 0.25) is 0 Å². The van der Waals surface area contributed by atoms with Gasteiger partial charge in [-0.2, -0.15) is 5.26 Å². The minimum atomic E-state index is 0.369. The fourth-order valence-electron chi connectivity index (χ4n) is 4.59. The predicted molar refractivity (Wildman–Crippen MR) is 94.4 cm³/mol. The van der Waals surface area contributed by atoms with E-state index in [2.05, 4.69) is 25.1 Å². The SMILES string of the molecule is CCC/C=C\CCCC1CCC(C2CCC(C#N)CC2)CC1. The van der Waals surface area contributed by atoms with Gasteiger partial charge in [0.15, 0.2) is 0 Å². The quantitative estimate of drug-likeness (QED) is 0.381. The minimum Gasteiger partial charge on any atom is -0.198 e. The number of allylic oxidation sites excluding steroid dienone is 2. The average Bonchev–Trinajstić information content (AvgIpc) is 2.59. The van der Waals surface area contributed by atoms with E-state index in [1.807, 2.05) is 0 Å². The van der Waals surface area contributed by atoms with E-state index in [-0.39, 0.29) is 0 Å². The van der Waals surface area contributed by atoms with Gasteiger partial charge in [-0.25, -0.2) is 0 Å².